The summed E-state index contributed by atoms with van der Waals surface area (Å²) < 4.78 is 41.9. The lowest BCUT2D eigenvalue weighted by molar-refractivity contribution is -0.122. The number of carbonyl (C=O) groups is 1. The predicted octanol–water partition coefficient (Wildman–Crippen LogP) is 2.01. The summed E-state index contributed by atoms with van der Waals surface area (Å²) >= 11 is 0. The number of halogens is 1. The number of anilines is 1. The van der Waals surface area contributed by atoms with Gasteiger partial charge in [-0.3, -0.25) is 4.79 Å². The van der Waals surface area contributed by atoms with E-state index < -0.39 is 21.6 Å². The SMILES string of the molecule is COc1ccc(N(C(=O)C2CCS(=O)(=O)C2)C(C)C)cc1F. The molecule has 0 spiro atoms. The highest BCUT2D eigenvalue weighted by Gasteiger charge is 2.36. The van der Waals surface area contributed by atoms with Gasteiger partial charge in [0.15, 0.2) is 21.4 Å². The van der Waals surface area contributed by atoms with Crippen molar-refractivity contribution in [2.24, 2.45) is 5.92 Å². The van der Waals surface area contributed by atoms with Gasteiger partial charge >= 0.3 is 0 Å². The lowest BCUT2D eigenvalue weighted by atomic mass is 10.1. The van der Waals surface area contributed by atoms with E-state index in [1.807, 2.05) is 13.8 Å². The molecule has 1 fully saturated rings. The van der Waals surface area contributed by atoms with Gasteiger partial charge in [-0.2, -0.15) is 0 Å². The van der Waals surface area contributed by atoms with Crippen molar-refractivity contribution in [3.63, 3.8) is 0 Å². The number of carbonyl (C=O) groups excluding carboxylic acids is 1. The number of ether oxygens (including phenoxy) is 1. The molecule has 0 aromatic heterocycles. The third kappa shape index (κ3) is 3.40. The summed E-state index contributed by atoms with van der Waals surface area (Å²) in [6, 6.07) is 4.09. The van der Waals surface area contributed by atoms with E-state index in [9.17, 15) is 17.6 Å². The van der Waals surface area contributed by atoms with Gasteiger partial charge in [-0.15, -0.1) is 0 Å². The van der Waals surface area contributed by atoms with Crippen LogP contribution in [0, 0.1) is 11.7 Å². The molecule has 0 saturated carbocycles. The number of sulfone groups is 1. The molecule has 1 aromatic rings. The fourth-order valence-electron chi connectivity index (χ4n) is 2.67. The summed E-state index contributed by atoms with van der Waals surface area (Å²) in [5.41, 5.74) is 0.405. The molecule has 1 aliphatic rings. The molecule has 22 heavy (non-hydrogen) atoms. The van der Waals surface area contributed by atoms with Crippen LogP contribution in [-0.2, 0) is 14.6 Å². The molecule has 1 saturated heterocycles. The van der Waals surface area contributed by atoms with Crippen molar-refractivity contribution in [3.05, 3.63) is 24.0 Å². The average molecular weight is 329 g/mol. The summed E-state index contributed by atoms with van der Waals surface area (Å²) in [4.78, 5) is 14.1. The van der Waals surface area contributed by atoms with Gasteiger partial charge in [0.05, 0.1) is 24.5 Å². The molecular weight excluding hydrogens is 309 g/mol. The van der Waals surface area contributed by atoms with Crippen molar-refractivity contribution in [1.29, 1.82) is 0 Å². The van der Waals surface area contributed by atoms with Crippen molar-refractivity contribution in [1.82, 2.24) is 0 Å². The first-order chi connectivity index (χ1) is 10.2. The molecule has 5 nitrogen and oxygen atoms in total. The summed E-state index contributed by atoms with van der Waals surface area (Å²) in [5.74, 6) is -1.39. The zero-order chi connectivity index (χ0) is 16.5. The molecule has 1 aliphatic heterocycles. The standard InChI is InChI=1S/C15H20FNO4S/c1-10(2)17(12-4-5-14(21-3)13(16)8-12)15(18)11-6-7-22(19,20)9-11/h4-5,8,10-11H,6-7,9H2,1-3H3. The zero-order valence-corrected chi connectivity index (χ0v) is 13.7. The highest BCUT2D eigenvalue weighted by molar-refractivity contribution is 7.91. The Bertz CT molecular complexity index is 672. The molecule has 0 bridgehead atoms. The van der Waals surface area contributed by atoms with E-state index in [4.69, 9.17) is 4.74 Å². The molecule has 122 valence electrons. The first-order valence-corrected chi connectivity index (χ1v) is 8.94. The van der Waals surface area contributed by atoms with Crippen LogP contribution in [0.2, 0.25) is 0 Å². The molecule has 0 aliphatic carbocycles. The van der Waals surface area contributed by atoms with Crippen LogP contribution < -0.4 is 9.64 Å². The van der Waals surface area contributed by atoms with Crippen LogP contribution in [0.4, 0.5) is 10.1 Å². The van der Waals surface area contributed by atoms with Gasteiger partial charge in [0.1, 0.15) is 0 Å². The molecule has 1 amide bonds. The Morgan fingerprint density at radius 2 is 2.09 bits per heavy atom. The Morgan fingerprint density at radius 3 is 2.55 bits per heavy atom. The molecule has 2 rings (SSSR count). The topological polar surface area (TPSA) is 63.7 Å². The third-order valence-corrected chi connectivity index (χ3v) is 5.52. The zero-order valence-electron chi connectivity index (χ0n) is 12.9. The number of rotatable bonds is 4. The molecule has 0 N–H and O–H groups in total. The quantitative estimate of drug-likeness (QED) is 0.848. The van der Waals surface area contributed by atoms with Gasteiger partial charge in [0, 0.05) is 17.8 Å². The van der Waals surface area contributed by atoms with E-state index in [2.05, 4.69) is 0 Å². The van der Waals surface area contributed by atoms with Crippen molar-refractivity contribution in [2.75, 3.05) is 23.5 Å². The highest BCUT2D eigenvalue weighted by Crippen LogP contribution is 2.28. The molecule has 1 atom stereocenters. The number of hydrogen-bond donors (Lipinski definition) is 0. The van der Waals surface area contributed by atoms with Gasteiger partial charge in [-0.25, -0.2) is 12.8 Å². The number of hydrogen-bond acceptors (Lipinski definition) is 4. The third-order valence-electron chi connectivity index (χ3n) is 3.75. The molecule has 1 aromatic carbocycles. The van der Waals surface area contributed by atoms with Crippen LogP contribution in [0.1, 0.15) is 20.3 Å². The molecule has 1 unspecified atom stereocenters. The first kappa shape index (κ1) is 16.7. The van der Waals surface area contributed by atoms with Crippen LogP contribution in [0.3, 0.4) is 0 Å². The Hall–Kier alpha value is -1.63. The minimum atomic E-state index is -3.14. The Morgan fingerprint density at radius 1 is 1.41 bits per heavy atom. The van der Waals surface area contributed by atoms with E-state index in [1.165, 1.54) is 24.1 Å². The average Bonchev–Trinajstić information content (AvgIpc) is 2.79. The molecular formula is C15H20FNO4S. The van der Waals surface area contributed by atoms with Crippen LogP contribution >= 0.6 is 0 Å². The molecule has 1 heterocycles. The van der Waals surface area contributed by atoms with Gasteiger partial charge in [0.2, 0.25) is 5.91 Å². The second-order valence-electron chi connectivity index (χ2n) is 5.72. The van der Waals surface area contributed by atoms with E-state index in [0.29, 0.717) is 12.1 Å². The van der Waals surface area contributed by atoms with Gasteiger partial charge in [-0.05, 0) is 32.4 Å². The largest absolute Gasteiger partial charge is 0.494 e. The summed E-state index contributed by atoms with van der Waals surface area (Å²) in [7, 11) is -1.77. The summed E-state index contributed by atoms with van der Waals surface area (Å²) in [6.45, 7) is 3.62. The lowest BCUT2D eigenvalue weighted by Gasteiger charge is -2.29. The number of methoxy groups -OCH3 is 1. The molecule has 7 heteroatoms. The Labute approximate surface area is 130 Å². The van der Waals surface area contributed by atoms with Gasteiger partial charge in [-0.1, -0.05) is 0 Å². The fraction of sp³-hybridized carbons (Fsp3) is 0.533. The van der Waals surface area contributed by atoms with Crippen LogP contribution in [0.15, 0.2) is 18.2 Å². The number of nitrogens with zero attached hydrogens (tertiary/aromatic N) is 1. The second kappa shape index (κ2) is 6.24. The Kier molecular flexibility index (Phi) is 4.75. The van der Waals surface area contributed by atoms with E-state index in [-0.39, 0.29) is 29.2 Å². The molecule has 0 radical (unpaired) electrons. The van der Waals surface area contributed by atoms with Crippen LogP contribution in [0.25, 0.3) is 0 Å². The van der Waals surface area contributed by atoms with Crippen molar-refractivity contribution < 1.29 is 22.3 Å². The van der Waals surface area contributed by atoms with Crippen LogP contribution in [0.5, 0.6) is 5.75 Å². The van der Waals surface area contributed by atoms with E-state index in [0.717, 1.165) is 0 Å². The Balaban J connectivity index is 2.31. The van der Waals surface area contributed by atoms with Crippen molar-refractivity contribution in [3.8, 4) is 5.75 Å². The lowest BCUT2D eigenvalue weighted by Crippen LogP contribution is -2.41. The summed E-state index contributed by atoms with van der Waals surface area (Å²) in [6.07, 6.45) is 0.322. The second-order valence-corrected chi connectivity index (χ2v) is 7.95. The minimum absolute atomic E-state index is 0.0340. The summed E-state index contributed by atoms with van der Waals surface area (Å²) in [5, 5.41) is 0. The van der Waals surface area contributed by atoms with Gasteiger partial charge in [0.25, 0.3) is 0 Å². The maximum absolute atomic E-state index is 13.9. The number of benzene rings is 1. The predicted molar refractivity (Wildman–Crippen MR) is 82.3 cm³/mol. The normalized spacial score (nSPS) is 20.1. The van der Waals surface area contributed by atoms with Crippen molar-refractivity contribution >= 4 is 21.4 Å². The van der Waals surface area contributed by atoms with Crippen LogP contribution in [-0.4, -0.2) is 39.0 Å². The maximum atomic E-state index is 13.9. The fourth-order valence-corrected chi connectivity index (χ4v) is 4.40. The highest BCUT2D eigenvalue weighted by atomic mass is 32.2. The first-order valence-electron chi connectivity index (χ1n) is 7.12. The smallest absolute Gasteiger partial charge is 0.231 e. The monoisotopic (exact) mass is 329 g/mol. The van der Waals surface area contributed by atoms with E-state index >= 15 is 0 Å². The minimum Gasteiger partial charge on any atom is -0.494 e. The van der Waals surface area contributed by atoms with Gasteiger partial charge < -0.3 is 9.64 Å². The van der Waals surface area contributed by atoms with E-state index in [1.54, 1.807) is 6.07 Å². The number of amides is 1. The van der Waals surface area contributed by atoms with Crippen molar-refractivity contribution in [2.45, 2.75) is 26.3 Å². The maximum Gasteiger partial charge on any atom is 0.231 e.